The number of aryl methyl sites for hydroxylation is 1. The topological polar surface area (TPSA) is 89.2 Å². The van der Waals surface area contributed by atoms with Gasteiger partial charge in [-0.1, -0.05) is 25.1 Å². The molecule has 152 valence electrons. The van der Waals surface area contributed by atoms with E-state index in [4.69, 9.17) is 4.42 Å². The second kappa shape index (κ2) is 7.82. The fraction of sp³-hybridized carbons (Fsp3) is 0.136. The van der Waals surface area contributed by atoms with Gasteiger partial charge in [0.2, 0.25) is 0 Å². The predicted octanol–water partition coefficient (Wildman–Crippen LogP) is 3.70. The fourth-order valence-corrected chi connectivity index (χ4v) is 3.34. The number of carbonyl (C=O) groups is 2. The summed E-state index contributed by atoms with van der Waals surface area (Å²) in [6, 6.07) is 13.1. The maximum Gasteiger partial charge on any atom is 0.305 e. The SMILES string of the molecule is CCc1c(C(=O)NNC(=O)c2oc3ccccc3c2C)cnn1-c1ccc(F)cc1. The summed E-state index contributed by atoms with van der Waals surface area (Å²) in [4.78, 5) is 25.2. The van der Waals surface area contributed by atoms with Crippen molar-refractivity contribution >= 4 is 22.8 Å². The summed E-state index contributed by atoms with van der Waals surface area (Å²) >= 11 is 0. The highest BCUT2D eigenvalue weighted by molar-refractivity contribution is 6.01. The summed E-state index contributed by atoms with van der Waals surface area (Å²) in [6.45, 7) is 3.66. The smallest absolute Gasteiger partial charge is 0.305 e. The van der Waals surface area contributed by atoms with Gasteiger partial charge in [0.25, 0.3) is 5.91 Å². The molecule has 2 aromatic carbocycles. The summed E-state index contributed by atoms with van der Waals surface area (Å²) in [6.07, 6.45) is 1.92. The summed E-state index contributed by atoms with van der Waals surface area (Å²) in [5.74, 6) is -1.29. The van der Waals surface area contributed by atoms with Crippen molar-refractivity contribution in [3.05, 3.63) is 83.1 Å². The fourth-order valence-electron chi connectivity index (χ4n) is 3.34. The number of fused-ring (bicyclic) bond motifs is 1. The van der Waals surface area contributed by atoms with E-state index in [-0.39, 0.29) is 11.6 Å². The van der Waals surface area contributed by atoms with Crippen LogP contribution in [0.25, 0.3) is 16.7 Å². The molecule has 2 N–H and O–H groups in total. The van der Waals surface area contributed by atoms with Crippen molar-refractivity contribution < 1.29 is 18.4 Å². The van der Waals surface area contributed by atoms with Gasteiger partial charge in [-0.15, -0.1) is 0 Å². The Morgan fingerprint density at radius 3 is 2.47 bits per heavy atom. The lowest BCUT2D eigenvalue weighted by Crippen LogP contribution is -2.42. The Balaban J connectivity index is 1.52. The van der Waals surface area contributed by atoms with Gasteiger partial charge in [-0.05, 0) is 43.7 Å². The van der Waals surface area contributed by atoms with Gasteiger partial charge in [0.1, 0.15) is 11.4 Å². The number of hydrogen-bond donors (Lipinski definition) is 2. The lowest BCUT2D eigenvalue weighted by Gasteiger charge is -2.09. The van der Waals surface area contributed by atoms with E-state index < -0.39 is 11.8 Å². The van der Waals surface area contributed by atoms with Gasteiger partial charge >= 0.3 is 5.91 Å². The van der Waals surface area contributed by atoms with E-state index in [1.165, 1.54) is 18.3 Å². The van der Waals surface area contributed by atoms with Gasteiger partial charge < -0.3 is 4.42 Å². The largest absolute Gasteiger partial charge is 0.451 e. The summed E-state index contributed by atoms with van der Waals surface area (Å²) in [7, 11) is 0. The number of amides is 2. The zero-order valence-corrected chi connectivity index (χ0v) is 16.4. The molecule has 4 rings (SSSR count). The molecular formula is C22H19FN4O3. The van der Waals surface area contributed by atoms with Crippen molar-refractivity contribution in [1.82, 2.24) is 20.6 Å². The highest BCUT2D eigenvalue weighted by atomic mass is 19.1. The minimum absolute atomic E-state index is 0.134. The molecule has 0 saturated carbocycles. The molecule has 0 fully saturated rings. The standard InChI is InChI=1S/C22H19FN4O3/c1-3-18-17(12-24-27(18)15-10-8-14(23)9-11-15)21(28)25-26-22(29)20-13(2)16-6-4-5-7-19(16)30-20/h4-12H,3H2,1-2H3,(H,25,28)(H,26,29). The first-order valence-electron chi connectivity index (χ1n) is 9.41. The summed E-state index contributed by atoms with van der Waals surface area (Å²) in [5, 5.41) is 5.07. The van der Waals surface area contributed by atoms with Crippen LogP contribution in [0.3, 0.4) is 0 Å². The van der Waals surface area contributed by atoms with E-state index in [9.17, 15) is 14.0 Å². The Morgan fingerprint density at radius 1 is 1.07 bits per heavy atom. The van der Waals surface area contributed by atoms with Crippen LogP contribution in [0, 0.1) is 12.7 Å². The molecule has 0 spiro atoms. The second-order valence-electron chi connectivity index (χ2n) is 6.71. The Labute approximate surface area is 171 Å². The van der Waals surface area contributed by atoms with Gasteiger partial charge in [-0.3, -0.25) is 20.4 Å². The predicted molar refractivity (Wildman–Crippen MR) is 109 cm³/mol. The van der Waals surface area contributed by atoms with Crippen molar-refractivity contribution in [2.24, 2.45) is 0 Å². The van der Waals surface area contributed by atoms with Crippen molar-refractivity contribution in [3.8, 4) is 5.69 Å². The molecule has 2 heterocycles. The third-order valence-corrected chi connectivity index (χ3v) is 4.86. The molecule has 4 aromatic rings. The molecule has 0 aliphatic heterocycles. The van der Waals surface area contributed by atoms with Gasteiger partial charge in [0.05, 0.1) is 23.1 Å². The van der Waals surface area contributed by atoms with Crippen molar-refractivity contribution in [3.63, 3.8) is 0 Å². The third kappa shape index (κ3) is 3.43. The van der Waals surface area contributed by atoms with Crippen LogP contribution < -0.4 is 10.9 Å². The average Bonchev–Trinajstić information content (AvgIpc) is 3.34. The first-order valence-corrected chi connectivity index (χ1v) is 9.41. The summed E-state index contributed by atoms with van der Waals surface area (Å²) in [5.41, 5.74) is 7.66. The molecule has 0 unspecified atom stereocenters. The van der Waals surface area contributed by atoms with Gasteiger partial charge in [-0.2, -0.15) is 5.10 Å². The molecule has 8 heteroatoms. The first kappa shape index (κ1) is 19.4. The van der Waals surface area contributed by atoms with Gasteiger partial charge in [-0.25, -0.2) is 9.07 Å². The molecule has 0 bridgehead atoms. The van der Waals surface area contributed by atoms with Crippen LogP contribution in [0.15, 0.2) is 59.1 Å². The van der Waals surface area contributed by atoms with Gasteiger partial charge in [0.15, 0.2) is 5.76 Å². The normalized spacial score (nSPS) is 10.9. The minimum atomic E-state index is -0.555. The highest BCUT2D eigenvalue weighted by Gasteiger charge is 2.21. The van der Waals surface area contributed by atoms with E-state index in [0.29, 0.717) is 34.5 Å². The van der Waals surface area contributed by atoms with Crippen LogP contribution in [0.2, 0.25) is 0 Å². The number of para-hydroxylation sites is 1. The van der Waals surface area contributed by atoms with E-state index in [1.54, 1.807) is 29.8 Å². The van der Waals surface area contributed by atoms with E-state index in [1.807, 2.05) is 25.1 Å². The second-order valence-corrected chi connectivity index (χ2v) is 6.71. The number of aromatic nitrogens is 2. The Bertz CT molecular complexity index is 1240. The number of nitrogens with one attached hydrogen (secondary N) is 2. The van der Waals surface area contributed by atoms with Crippen molar-refractivity contribution in [1.29, 1.82) is 0 Å². The molecule has 2 aromatic heterocycles. The molecular weight excluding hydrogens is 387 g/mol. The number of benzene rings is 2. The number of carbonyl (C=O) groups excluding carboxylic acids is 2. The quantitative estimate of drug-likeness (QED) is 0.506. The molecule has 30 heavy (non-hydrogen) atoms. The number of furan rings is 1. The molecule has 2 amide bonds. The molecule has 0 saturated heterocycles. The molecule has 0 aliphatic carbocycles. The maximum atomic E-state index is 13.2. The Kier molecular flexibility index (Phi) is 5.05. The number of halogens is 1. The van der Waals surface area contributed by atoms with Crippen LogP contribution in [0.1, 0.15) is 39.1 Å². The lowest BCUT2D eigenvalue weighted by molar-refractivity contribution is 0.0831. The number of hydrazine groups is 1. The number of nitrogens with zero attached hydrogens (tertiary/aromatic N) is 2. The summed E-state index contributed by atoms with van der Waals surface area (Å²) < 4.78 is 20.4. The van der Waals surface area contributed by atoms with Crippen molar-refractivity contribution in [2.75, 3.05) is 0 Å². The highest BCUT2D eigenvalue weighted by Crippen LogP contribution is 2.24. The number of rotatable bonds is 4. The maximum absolute atomic E-state index is 13.2. The third-order valence-electron chi connectivity index (χ3n) is 4.86. The zero-order chi connectivity index (χ0) is 21.3. The zero-order valence-electron chi connectivity index (χ0n) is 16.4. The molecule has 0 atom stereocenters. The molecule has 7 nitrogen and oxygen atoms in total. The van der Waals surface area contributed by atoms with Crippen LogP contribution >= 0.6 is 0 Å². The monoisotopic (exact) mass is 406 g/mol. The Morgan fingerprint density at radius 2 is 1.77 bits per heavy atom. The Hall–Kier alpha value is -3.94. The van der Waals surface area contributed by atoms with Crippen molar-refractivity contribution in [2.45, 2.75) is 20.3 Å². The van der Waals surface area contributed by atoms with E-state index in [2.05, 4.69) is 16.0 Å². The van der Waals surface area contributed by atoms with E-state index >= 15 is 0 Å². The van der Waals surface area contributed by atoms with Gasteiger partial charge in [0, 0.05) is 10.9 Å². The van der Waals surface area contributed by atoms with Crippen LogP contribution in [0.5, 0.6) is 0 Å². The molecule has 0 radical (unpaired) electrons. The lowest BCUT2D eigenvalue weighted by atomic mass is 10.1. The van der Waals surface area contributed by atoms with E-state index in [0.717, 1.165) is 5.39 Å². The van der Waals surface area contributed by atoms with Crippen LogP contribution in [-0.2, 0) is 6.42 Å². The minimum Gasteiger partial charge on any atom is -0.451 e. The average molecular weight is 406 g/mol. The van der Waals surface area contributed by atoms with Crippen LogP contribution in [0.4, 0.5) is 4.39 Å². The van der Waals surface area contributed by atoms with Crippen LogP contribution in [-0.4, -0.2) is 21.6 Å². The molecule has 0 aliphatic rings. The first-order chi connectivity index (χ1) is 14.5. The number of hydrogen-bond acceptors (Lipinski definition) is 4.